The van der Waals surface area contributed by atoms with Crippen molar-refractivity contribution in [3.8, 4) is 0 Å². The molecule has 0 heterocycles. The number of fused-ring (bicyclic) bond motifs is 5. The number of aliphatic hydroxyl groups is 2. The molecule has 33 heavy (non-hydrogen) atoms. The lowest BCUT2D eigenvalue weighted by Gasteiger charge is -2.63. The van der Waals surface area contributed by atoms with Crippen LogP contribution in [-0.2, 0) is 19.1 Å². The van der Waals surface area contributed by atoms with Crippen molar-refractivity contribution in [2.24, 2.45) is 28.6 Å². The SMILES string of the molecule is CC(=O)O[C@]1(C(=O)CO)[C@@H](C)C[C@H]2[C@@H]3C[C@H](F)C4=C(F)C(=O)C=C[C@]4(C)[C@@]3(F)[C@@H](O)C[C@@]21C. The molecule has 0 unspecified atom stereocenters. The number of halogens is 3. The van der Waals surface area contributed by atoms with Crippen molar-refractivity contribution in [3.05, 3.63) is 23.6 Å². The molecule has 4 aliphatic rings. The van der Waals surface area contributed by atoms with E-state index in [1.165, 1.54) is 6.92 Å². The van der Waals surface area contributed by atoms with Crippen molar-refractivity contribution >= 4 is 17.5 Å². The van der Waals surface area contributed by atoms with E-state index in [0.717, 1.165) is 19.1 Å². The maximum absolute atomic E-state index is 17.1. The Hall–Kier alpha value is -2.00. The van der Waals surface area contributed by atoms with Gasteiger partial charge in [0, 0.05) is 35.2 Å². The van der Waals surface area contributed by atoms with Gasteiger partial charge in [-0.1, -0.05) is 19.9 Å². The second-order valence-electron chi connectivity index (χ2n) is 10.5. The van der Waals surface area contributed by atoms with Gasteiger partial charge in [-0.3, -0.25) is 14.4 Å². The lowest BCUT2D eigenvalue weighted by atomic mass is 9.44. The van der Waals surface area contributed by atoms with E-state index < -0.39 is 94.1 Å². The lowest BCUT2D eigenvalue weighted by Crippen LogP contribution is -2.71. The number of alkyl halides is 2. The van der Waals surface area contributed by atoms with Crippen molar-refractivity contribution in [1.29, 1.82) is 0 Å². The number of carbonyl (C=O) groups is 3. The molecular formula is C24H29F3O6. The van der Waals surface area contributed by atoms with Gasteiger partial charge in [0.15, 0.2) is 17.1 Å². The molecule has 0 aromatic carbocycles. The van der Waals surface area contributed by atoms with Crippen LogP contribution in [0.25, 0.3) is 0 Å². The number of ketones is 2. The van der Waals surface area contributed by atoms with Crippen molar-refractivity contribution in [2.75, 3.05) is 6.61 Å². The van der Waals surface area contributed by atoms with Crippen molar-refractivity contribution in [1.82, 2.24) is 0 Å². The minimum absolute atomic E-state index is 0.172. The van der Waals surface area contributed by atoms with Crippen LogP contribution >= 0.6 is 0 Å². The zero-order valence-electron chi connectivity index (χ0n) is 19.0. The van der Waals surface area contributed by atoms with Gasteiger partial charge >= 0.3 is 5.97 Å². The Morgan fingerprint density at radius 3 is 2.45 bits per heavy atom. The molecule has 3 fully saturated rings. The van der Waals surface area contributed by atoms with E-state index in [4.69, 9.17) is 4.74 Å². The molecule has 3 saturated carbocycles. The zero-order valence-corrected chi connectivity index (χ0v) is 19.0. The summed E-state index contributed by atoms with van der Waals surface area (Å²) in [7, 11) is 0. The summed E-state index contributed by atoms with van der Waals surface area (Å²) in [6, 6.07) is 0. The van der Waals surface area contributed by atoms with Gasteiger partial charge in [0.2, 0.25) is 11.6 Å². The molecule has 0 aromatic rings. The Bertz CT molecular complexity index is 993. The highest BCUT2D eigenvalue weighted by molar-refractivity contribution is 6.04. The highest BCUT2D eigenvalue weighted by Gasteiger charge is 2.78. The Morgan fingerprint density at radius 1 is 1.24 bits per heavy atom. The number of rotatable bonds is 3. The number of aliphatic hydroxyl groups excluding tert-OH is 2. The van der Waals surface area contributed by atoms with Gasteiger partial charge in [-0.2, -0.15) is 0 Å². The van der Waals surface area contributed by atoms with E-state index in [1.807, 2.05) is 0 Å². The number of esters is 1. The van der Waals surface area contributed by atoms with Crippen LogP contribution in [0.15, 0.2) is 23.6 Å². The van der Waals surface area contributed by atoms with Gasteiger partial charge in [-0.25, -0.2) is 13.2 Å². The first kappa shape index (κ1) is 24.1. The smallest absolute Gasteiger partial charge is 0.303 e. The number of hydrogen-bond donors (Lipinski definition) is 2. The second kappa shape index (κ2) is 7.25. The first-order valence-electron chi connectivity index (χ1n) is 11.2. The fourth-order valence-electron chi connectivity index (χ4n) is 7.83. The van der Waals surface area contributed by atoms with E-state index in [1.54, 1.807) is 13.8 Å². The highest BCUT2D eigenvalue weighted by atomic mass is 19.2. The molecule has 2 N–H and O–H groups in total. The second-order valence-corrected chi connectivity index (χ2v) is 10.5. The monoisotopic (exact) mass is 470 g/mol. The fraction of sp³-hybridized carbons (Fsp3) is 0.708. The summed E-state index contributed by atoms with van der Waals surface area (Å²) in [5.74, 6) is -6.44. The van der Waals surface area contributed by atoms with Gasteiger partial charge in [-0.15, -0.1) is 0 Å². The summed E-state index contributed by atoms with van der Waals surface area (Å²) in [5, 5.41) is 21.0. The number of hydrogen-bond acceptors (Lipinski definition) is 6. The molecule has 6 nitrogen and oxygen atoms in total. The minimum atomic E-state index is -2.53. The molecule has 0 aromatic heterocycles. The number of carbonyl (C=O) groups excluding carboxylic acids is 3. The quantitative estimate of drug-likeness (QED) is 0.616. The Labute approximate surface area is 189 Å². The molecular weight excluding hydrogens is 441 g/mol. The van der Waals surface area contributed by atoms with Gasteiger partial charge in [0.05, 0.1) is 6.10 Å². The molecule has 0 radical (unpaired) electrons. The third-order valence-corrected chi connectivity index (χ3v) is 9.11. The maximum Gasteiger partial charge on any atom is 0.303 e. The van der Waals surface area contributed by atoms with E-state index in [2.05, 4.69) is 0 Å². The Morgan fingerprint density at radius 2 is 1.88 bits per heavy atom. The van der Waals surface area contributed by atoms with Crippen LogP contribution in [0, 0.1) is 28.6 Å². The van der Waals surface area contributed by atoms with Crippen LogP contribution in [0.2, 0.25) is 0 Å². The topological polar surface area (TPSA) is 101 Å². The normalized spacial score (nSPS) is 48.8. The molecule has 0 saturated heterocycles. The highest BCUT2D eigenvalue weighted by Crippen LogP contribution is 2.72. The van der Waals surface area contributed by atoms with Gasteiger partial charge < -0.3 is 14.9 Å². The van der Waals surface area contributed by atoms with Gasteiger partial charge in [-0.05, 0) is 38.2 Å². The molecule has 4 rings (SSSR count). The molecule has 9 atom stereocenters. The largest absolute Gasteiger partial charge is 0.450 e. The van der Waals surface area contributed by atoms with Crippen LogP contribution in [-0.4, -0.2) is 57.9 Å². The first-order valence-corrected chi connectivity index (χ1v) is 11.2. The molecule has 0 amide bonds. The third kappa shape index (κ3) is 2.66. The summed E-state index contributed by atoms with van der Waals surface area (Å²) >= 11 is 0. The molecule has 9 heteroatoms. The van der Waals surface area contributed by atoms with Crippen molar-refractivity contribution in [3.63, 3.8) is 0 Å². The Balaban J connectivity index is 1.91. The average Bonchev–Trinajstić information content (AvgIpc) is 2.94. The molecule has 0 bridgehead atoms. The molecule has 0 aliphatic heterocycles. The van der Waals surface area contributed by atoms with Crippen LogP contribution in [0.1, 0.15) is 47.0 Å². The number of ether oxygens (including phenoxy) is 1. The summed E-state index contributed by atoms with van der Waals surface area (Å²) in [5.41, 5.74) is -8.17. The average molecular weight is 470 g/mol. The lowest BCUT2D eigenvalue weighted by molar-refractivity contribution is -0.231. The number of allylic oxidation sites excluding steroid dienone is 4. The summed E-state index contributed by atoms with van der Waals surface area (Å²) in [6.07, 6.45) is -2.42. The van der Waals surface area contributed by atoms with Gasteiger partial charge in [0.1, 0.15) is 12.8 Å². The summed E-state index contributed by atoms with van der Waals surface area (Å²) in [4.78, 5) is 36.9. The zero-order chi connectivity index (χ0) is 24.7. The Kier molecular flexibility index (Phi) is 5.30. The molecule has 182 valence electrons. The van der Waals surface area contributed by atoms with Crippen molar-refractivity contribution < 1.29 is 42.5 Å². The van der Waals surface area contributed by atoms with Crippen LogP contribution in [0.5, 0.6) is 0 Å². The summed E-state index contributed by atoms with van der Waals surface area (Å²) in [6.45, 7) is 4.73. The van der Waals surface area contributed by atoms with E-state index in [0.29, 0.717) is 0 Å². The summed E-state index contributed by atoms with van der Waals surface area (Å²) < 4.78 is 52.9. The predicted molar refractivity (Wildman–Crippen MR) is 110 cm³/mol. The molecule has 4 aliphatic carbocycles. The van der Waals surface area contributed by atoms with Crippen LogP contribution < -0.4 is 0 Å². The molecule has 0 spiro atoms. The predicted octanol–water partition coefficient (Wildman–Crippen LogP) is 2.71. The third-order valence-electron chi connectivity index (χ3n) is 9.11. The van der Waals surface area contributed by atoms with E-state index >= 15 is 8.78 Å². The number of Topliss-reactive ketones (excluding diaryl/α,β-unsaturated/α-hetero) is 1. The van der Waals surface area contributed by atoms with Crippen LogP contribution in [0.3, 0.4) is 0 Å². The van der Waals surface area contributed by atoms with Crippen LogP contribution in [0.4, 0.5) is 13.2 Å². The standard InChI is InChI=1S/C24H29F3O6/c1-11-7-13-14-8-15(25)19-20(26)16(30)5-6-21(19,3)23(14,27)17(31)9-22(13,4)24(11,18(32)10-28)33-12(2)29/h5-6,11,13-15,17,28,31H,7-10H2,1-4H3/t11-,13-,14-,15-,17-,21-,22-,23-,24-/m0/s1. The van der Waals surface area contributed by atoms with Crippen molar-refractivity contribution in [2.45, 2.75) is 70.5 Å². The van der Waals surface area contributed by atoms with E-state index in [-0.39, 0.29) is 12.8 Å². The first-order chi connectivity index (χ1) is 15.2. The maximum atomic E-state index is 17.1. The fourth-order valence-corrected chi connectivity index (χ4v) is 7.83. The van der Waals surface area contributed by atoms with Gasteiger partial charge in [0.25, 0.3) is 0 Å². The van der Waals surface area contributed by atoms with E-state index in [9.17, 15) is 29.0 Å². The minimum Gasteiger partial charge on any atom is -0.450 e.